The van der Waals surface area contributed by atoms with Crippen LogP contribution in [0.5, 0.6) is 0 Å². The monoisotopic (exact) mass is 1010 g/mol. The van der Waals surface area contributed by atoms with Crippen LogP contribution in [0.1, 0.15) is 125 Å². The zero-order valence-corrected chi connectivity index (χ0v) is 47.0. The molecule has 0 spiro atoms. The third-order valence-corrected chi connectivity index (χ3v) is 16.8. The molecule has 2 aliphatic rings. The van der Waals surface area contributed by atoms with Gasteiger partial charge in [-0.2, -0.15) is 0 Å². The Bertz CT molecular complexity index is 3690. The molecule has 384 valence electrons. The first kappa shape index (κ1) is 50.4. The molecule has 0 atom stereocenters. The molecule has 0 radical (unpaired) electrons. The van der Waals surface area contributed by atoms with Crippen LogP contribution in [-0.4, -0.2) is 0 Å². The van der Waals surface area contributed by atoms with Gasteiger partial charge in [0.05, 0.1) is 0 Å². The lowest BCUT2D eigenvalue weighted by molar-refractivity contribution is 0.590. The van der Waals surface area contributed by atoms with Crippen molar-refractivity contribution in [2.75, 3.05) is 9.80 Å². The summed E-state index contributed by atoms with van der Waals surface area (Å²) in [6, 6.07) is 81.2. The predicted octanol–water partition coefficient (Wildman–Crippen LogP) is 21.3. The maximum Gasteiger partial charge on any atom is 0.0465 e. The van der Waals surface area contributed by atoms with Gasteiger partial charge in [-0.3, -0.25) is 0 Å². The van der Waals surface area contributed by atoms with Gasteiger partial charge in [-0.1, -0.05) is 239 Å². The molecule has 0 bridgehead atoms. The molecule has 0 fully saturated rings. The van der Waals surface area contributed by atoms with E-state index in [1.165, 1.54) is 88.7 Å². The van der Waals surface area contributed by atoms with Crippen molar-refractivity contribution in [2.45, 2.75) is 90.9 Å². The van der Waals surface area contributed by atoms with Crippen molar-refractivity contribution < 1.29 is 0 Å². The number of anilines is 6. The Morgan fingerprint density at radius 3 is 0.974 bits per heavy atom. The molecule has 0 unspecified atom stereocenters. The van der Waals surface area contributed by atoms with Gasteiger partial charge >= 0.3 is 0 Å². The van der Waals surface area contributed by atoms with Crippen molar-refractivity contribution in [1.29, 1.82) is 0 Å². The Kier molecular flexibility index (Phi) is 12.4. The minimum Gasteiger partial charge on any atom is -0.310 e. The van der Waals surface area contributed by atoms with Gasteiger partial charge < -0.3 is 9.80 Å². The quantitative estimate of drug-likeness (QED) is 0.126. The summed E-state index contributed by atoms with van der Waals surface area (Å²) in [5.74, 6) is 0. The average molecular weight is 1010 g/mol. The largest absolute Gasteiger partial charge is 0.310 e. The zero-order valence-electron chi connectivity index (χ0n) is 47.0. The highest BCUT2D eigenvalue weighted by atomic mass is 15.1. The number of hydrogen-bond acceptors (Lipinski definition) is 2. The van der Waals surface area contributed by atoms with E-state index in [-0.39, 0.29) is 21.7 Å². The topological polar surface area (TPSA) is 6.48 Å². The Morgan fingerprint density at radius 1 is 0.295 bits per heavy atom. The fourth-order valence-electron chi connectivity index (χ4n) is 12.3. The molecule has 2 aliphatic carbocycles. The molecule has 12 rings (SSSR count). The van der Waals surface area contributed by atoms with Crippen molar-refractivity contribution in [3.63, 3.8) is 0 Å². The van der Waals surface area contributed by atoms with Crippen LogP contribution in [0.15, 0.2) is 218 Å². The van der Waals surface area contributed by atoms with Gasteiger partial charge in [-0.05, 0) is 172 Å². The molecule has 0 aromatic heterocycles. The van der Waals surface area contributed by atoms with Crippen molar-refractivity contribution in [3.8, 4) is 22.3 Å². The van der Waals surface area contributed by atoms with Crippen LogP contribution < -0.4 is 9.80 Å². The fraction of sp³-hybridized carbons (Fsp3) is 0.184. The van der Waals surface area contributed by atoms with E-state index in [1.807, 2.05) is 0 Å². The van der Waals surface area contributed by atoms with Crippen LogP contribution >= 0.6 is 0 Å². The maximum absolute atomic E-state index is 2.42. The van der Waals surface area contributed by atoms with Gasteiger partial charge in [0.25, 0.3) is 0 Å². The first-order valence-corrected chi connectivity index (χ1v) is 27.8. The van der Waals surface area contributed by atoms with Crippen molar-refractivity contribution in [1.82, 2.24) is 0 Å². The van der Waals surface area contributed by atoms with E-state index in [2.05, 4.69) is 322 Å². The van der Waals surface area contributed by atoms with Crippen molar-refractivity contribution >= 4 is 69.2 Å². The van der Waals surface area contributed by atoms with E-state index in [4.69, 9.17) is 0 Å². The standard InChI is InChI=1S/C76H70N2/c1-73(2,3)55-33-37-59(38-34-55)77(57-21-13-11-14-22-57)61-41-45-67-65-43-29-51(47-69(65)75(7,8)71(67)49-61)27-31-53-19-17-26-64-54(20-18-25-63(53)64)32-28-52-30-44-66-68-46-42-62(50-72(68)76(9,10)70(66)48-52)78(58-23-15-12-16-24-58)60-39-35-56(36-40-60)74(4,5)6/h11-50H,1-10H3/b31-27+,32-28+. The van der Waals surface area contributed by atoms with Crippen LogP contribution in [0.3, 0.4) is 0 Å². The molecule has 0 heterocycles. The minimum absolute atomic E-state index is 0.0867. The smallest absolute Gasteiger partial charge is 0.0465 e. The second kappa shape index (κ2) is 19.2. The first-order chi connectivity index (χ1) is 37.4. The van der Waals surface area contributed by atoms with Crippen LogP contribution in [-0.2, 0) is 21.7 Å². The minimum atomic E-state index is -0.185. The normalized spacial score (nSPS) is 14.1. The molecule has 0 saturated carbocycles. The van der Waals surface area contributed by atoms with Crippen LogP contribution in [0.2, 0.25) is 0 Å². The zero-order chi connectivity index (χ0) is 54.1. The predicted molar refractivity (Wildman–Crippen MR) is 337 cm³/mol. The fourth-order valence-corrected chi connectivity index (χ4v) is 12.3. The highest BCUT2D eigenvalue weighted by Crippen LogP contribution is 2.53. The second-order valence-corrected chi connectivity index (χ2v) is 24.7. The van der Waals surface area contributed by atoms with Crippen molar-refractivity contribution in [2.24, 2.45) is 0 Å². The third-order valence-electron chi connectivity index (χ3n) is 16.8. The summed E-state index contributed by atoms with van der Waals surface area (Å²) >= 11 is 0. The number of rotatable bonds is 10. The highest BCUT2D eigenvalue weighted by molar-refractivity contribution is 5.99. The van der Waals surface area contributed by atoms with E-state index in [0.717, 1.165) is 34.1 Å². The summed E-state index contributed by atoms with van der Waals surface area (Å²) < 4.78 is 0. The number of benzene rings is 10. The lowest BCUT2D eigenvalue weighted by Gasteiger charge is -2.29. The van der Waals surface area contributed by atoms with E-state index >= 15 is 0 Å². The van der Waals surface area contributed by atoms with Gasteiger partial charge in [0, 0.05) is 45.0 Å². The molecule has 10 aromatic carbocycles. The lowest BCUT2D eigenvalue weighted by Crippen LogP contribution is -2.17. The number of fused-ring (bicyclic) bond motifs is 7. The molecule has 2 heteroatoms. The number of para-hydroxylation sites is 2. The Morgan fingerprint density at radius 2 is 0.615 bits per heavy atom. The molecule has 2 nitrogen and oxygen atoms in total. The molecule has 0 amide bonds. The van der Waals surface area contributed by atoms with E-state index < -0.39 is 0 Å². The second-order valence-electron chi connectivity index (χ2n) is 24.7. The van der Waals surface area contributed by atoms with Gasteiger partial charge in [-0.25, -0.2) is 0 Å². The summed E-state index contributed by atoms with van der Waals surface area (Å²) in [5, 5.41) is 2.48. The van der Waals surface area contributed by atoms with Crippen molar-refractivity contribution in [3.05, 3.63) is 274 Å². The van der Waals surface area contributed by atoms with Gasteiger partial charge in [0.1, 0.15) is 0 Å². The Labute approximate surface area is 463 Å². The SMILES string of the molecule is CC(C)(C)c1ccc(N(c2ccccc2)c2ccc3c(c2)C(C)(C)c2cc(/C=C/c4cccc5c(/C=C/c6ccc7c(c6)C(C)(C)c6cc(N(c8ccccc8)c8ccc(C(C)(C)C)cc8)ccc6-7)cccc45)ccc2-3)cc1. The van der Waals surface area contributed by atoms with Gasteiger partial charge in [-0.15, -0.1) is 0 Å². The van der Waals surface area contributed by atoms with Crippen LogP contribution in [0.4, 0.5) is 34.1 Å². The molecular formula is C76H70N2. The molecule has 0 aliphatic heterocycles. The molecular weight excluding hydrogens is 941 g/mol. The maximum atomic E-state index is 2.42. The van der Waals surface area contributed by atoms with E-state index in [0.29, 0.717) is 0 Å². The number of hydrogen-bond donors (Lipinski definition) is 0. The molecule has 0 saturated heterocycles. The van der Waals surface area contributed by atoms with Crippen LogP contribution in [0, 0.1) is 0 Å². The Balaban J connectivity index is 0.796. The van der Waals surface area contributed by atoms with Gasteiger partial charge in [0.15, 0.2) is 0 Å². The summed E-state index contributed by atoms with van der Waals surface area (Å²) in [6.07, 6.45) is 9.16. The summed E-state index contributed by atoms with van der Waals surface area (Å²) in [5.41, 5.74) is 24.9. The molecule has 0 N–H and O–H groups in total. The highest BCUT2D eigenvalue weighted by Gasteiger charge is 2.38. The summed E-state index contributed by atoms with van der Waals surface area (Å²) in [6.45, 7) is 23.2. The Hall–Kier alpha value is -8.46. The van der Waals surface area contributed by atoms with Crippen LogP contribution in [0.25, 0.3) is 57.3 Å². The third kappa shape index (κ3) is 9.07. The lowest BCUT2D eigenvalue weighted by atomic mass is 9.81. The molecule has 10 aromatic rings. The first-order valence-electron chi connectivity index (χ1n) is 27.8. The summed E-state index contributed by atoms with van der Waals surface area (Å²) in [7, 11) is 0. The number of nitrogens with zero attached hydrogens (tertiary/aromatic N) is 2. The summed E-state index contributed by atoms with van der Waals surface area (Å²) in [4.78, 5) is 4.78. The van der Waals surface area contributed by atoms with Gasteiger partial charge in [0.2, 0.25) is 0 Å². The molecule has 78 heavy (non-hydrogen) atoms. The van der Waals surface area contributed by atoms with E-state index in [1.54, 1.807) is 0 Å². The average Bonchev–Trinajstić information content (AvgIpc) is 4.07. The van der Waals surface area contributed by atoms with E-state index in [9.17, 15) is 0 Å².